The quantitative estimate of drug-likeness (QED) is 0.606. The van der Waals surface area contributed by atoms with Gasteiger partial charge < -0.3 is 15.2 Å². The molecular weight excluding hydrogens is 208 g/mol. The number of carbonyl (C=O) groups is 1. The zero-order chi connectivity index (χ0) is 12.0. The Morgan fingerprint density at radius 2 is 2.38 bits per heavy atom. The van der Waals surface area contributed by atoms with E-state index in [0.717, 1.165) is 0 Å². The van der Waals surface area contributed by atoms with Gasteiger partial charge in [0.2, 0.25) is 5.88 Å². The fourth-order valence-electron chi connectivity index (χ4n) is 1.12. The summed E-state index contributed by atoms with van der Waals surface area (Å²) in [5, 5.41) is 0. The highest BCUT2D eigenvalue weighted by atomic mass is 16.5. The maximum Gasteiger partial charge on any atom is 0.354 e. The van der Waals surface area contributed by atoms with Gasteiger partial charge in [0.05, 0.1) is 13.7 Å². The first-order valence-electron chi connectivity index (χ1n) is 4.82. The number of pyridine rings is 1. The minimum Gasteiger partial charge on any atom is -0.481 e. The van der Waals surface area contributed by atoms with E-state index in [-0.39, 0.29) is 12.3 Å². The normalized spacial score (nSPS) is 11.0. The van der Waals surface area contributed by atoms with Crippen LogP contribution in [0, 0.1) is 0 Å². The largest absolute Gasteiger partial charge is 0.481 e. The van der Waals surface area contributed by atoms with Crippen molar-refractivity contribution in [2.45, 2.75) is 6.92 Å². The first kappa shape index (κ1) is 12.0. The number of rotatable bonds is 4. The molecule has 5 heteroatoms. The van der Waals surface area contributed by atoms with E-state index >= 15 is 0 Å². The van der Waals surface area contributed by atoms with Crippen LogP contribution >= 0.6 is 0 Å². The molecule has 0 fully saturated rings. The van der Waals surface area contributed by atoms with E-state index in [1.54, 1.807) is 25.3 Å². The van der Waals surface area contributed by atoms with Gasteiger partial charge in [-0.25, -0.2) is 9.78 Å². The molecular formula is C11H14N2O3. The number of hydrogen-bond acceptors (Lipinski definition) is 5. The molecule has 0 spiro atoms. The predicted octanol–water partition coefficient (Wildman–Crippen LogP) is 0.953. The Hall–Kier alpha value is -2.04. The second-order valence-corrected chi connectivity index (χ2v) is 2.92. The number of carbonyl (C=O) groups excluding carboxylic acids is 1. The molecule has 16 heavy (non-hydrogen) atoms. The summed E-state index contributed by atoms with van der Waals surface area (Å²) < 4.78 is 9.78. The molecule has 1 heterocycles. The van der Waals surface area contributed by atoms with Gasteiger partial charge in [-0.1, -0.05) is 0 Å². The number of hydrogen-bond donors (Lipinski definition) is 1. The van der Waals surface area contributed by atoms with Crippen molar-refractivity contribution in [1.82, 2.24) is 4.98 Å². The van der Waals surface area contributed by atoms with Crippen molar-refractivity contribution in [3.05, 3.63) is 29.6 Å². The fraction of sp³-hybridized carbons (Fsp3) is 0.273. The molecule has 0 aliphatic carbocycles. The molecule has 0 saturated heterocycles. The van der Waals surface area contributed by atoms with Crippen LogP contribution in [0.5, 0.6) is 5.88 Å². The summed E-state index contributed by atoms with van der Waals surface area (Å²) in [6.07, 6.45) is 3.07. The molecule has 0 atom stereocenters. The van der Waals surface area contributed by atoms with Gasteiger partial charge >= 0.3 is 5.97 Å². The summed E-state index contributed by atoms with van der Waals surface area (Å²) in [6, 6.07) is 3.48. The van der Waals surface area contributed by atoms with E-state index in [1.165, 1.54) is 13.2 Å². The topological polar surface area (TPSA) is 74.4 Å². The highest BCUT2D eigenvalue weighted by molar-refractivity contribution is 5.92. The van der Waals surface area contributed by atoms with E-state index < -0.39 is 5.97 Å². The first-order valence-corrected chi connectivity index (χ1v) is 4.82. The summed E-state index contributed by atoms with van der Waals surface area (Å²) in [5.74, 6) is -0.136. The summed E-state index contributed by atoms with van der Waals surface area (Å²) >= 11 is 0. The highest BCUT2D eigenvalue weighted by Gasteiger charge is 2.07. The Kier molecular flexibility index (Phi) is 4.32. The monoisotopic (exact) mass is 222 g/mol. The van der Waals surface area contributed by atoms with Crippen LogP contribution in [0.4, 0.5) is 0 Å². The first-order chi connectivity index (χ1) is 7.69. The summed E-state index contributed by atoms with van der Waals surface area (Å²) in [6.45, 7) is 2.01. The van der Waals surface area contributed by atoms with Crippen LogP contribution in [-0.4, -0.2) is 24.7 Å². The molecule has 0 aromatic carbocycles. The molecule has 0 aliphatic heterocycles. The van der Waals surface area contributed by atoms with Crippen LogP contribution in [0.15, 0.2) is 24.0 Å². The molecule has 1 aromatic rings. The van der Waals surface area contributed by atoms with Crippen molar-refractivity contribution in [2.24, 2.45) is 5.73 Å². The minimum atomic E-state index is -0.548. The summed E-state index contributed by atoms with van der Waals surface area (Å²) in [4.78, 5) is 15.3. The lowest BCUT2D eigenvalue weighted by Gasteiger charge is -2.04. The third kappa shape index (κ3) is 2.98. The molecule has 0 amide bonds. The van der Waals surface area contributed by atoms with Crippen molar-refractivity contribution in [2.75, 3.05) is 13.7 Å². The number of esters is 1. The lowest BCUT2D eigenvalue weighted by molar-refractivity contribution is -0.138. The standard InChI is InChI=1S/C11H14N2O3/c1-3-16-11(14)9(12)7-8-5-4-6-13-10(8)15-2/h4-7H,3,12H2,1-2H3/b9-7-. The Bertz CT molecular complexity index is 402. The van der Waals surface area contributed by atoms with Crippen molar-refractivity contribution in [1.29, 1.82) is 0 Å². The molecule has 0 unspecified atom stereocenters. The van der Waals surface area contributed by atoms with Crippen LogP contribution in [0.2, 0.25) is 0 Å². The zero-order valence-electron chi connectivity index (χ0n) is 9.27. The van der Waals surface area contributed by atoms with Crippen molar-refractivity contribution in [3.63, 3.8) is 0 Å². The second kappa shape index (κ2) is 5.75. The maximum atomic E-state index is 11.3. The molecule has 0 saturated carbocycles. The number of aromatic nitrogens is 1. The van der Waals surface area contributed by atoms with Crippen molar-refractivity contribution in [3.8, 4) is 5.88 Å². The average Bonchev–Trinajstić information content (AvgIpc) is 2.30. The number of ether oxygens (including phenoxy) is 2. The van der Waals surface area contributed by atoms with Crippen LogP contribution in [-0.2, 0) is 9.53 Å². The van der Waals surface area contributed by atoms with Crippen molar-refractivity contribution < 1.29 is 14.3 Å². The van der Waals surface area contributed by atoms with Gasteiger partial charge in [-0.3, -0.25) is 0 Å². The zero-order valence-corrected chi connectivity index (χ0v) is 9.27. The molecule has 2 N–H and O–H groups in total. The van der Waals surface area contributed by atoms with Crippen molar-refractivity contribution >= 4 is 12.0 Å². The average molecular weight is 222 g/mol. The summed E-state index contributed by atoms with van der Waals surface area (Å²) in [7, 11) is 1.50. The maximum absolute atomic E-state index is 11.3. The molecule has 0 radical (unpaired) electrons. The van der Waals surface area contributed by atoms with E-state index in [1.807, 2.05) is 0 Å². The highest BCUT2D eigenvalue weighted by Crippen LogP contribution is 2.16. The van der Waals surface area contributed by atoms with Crippen LogP contribution in [0.25, 0.3) is 6.08 Å². The molecule has 86 valence electrons. The molecule has 1 rings (SSSR count). The Morgan fingerprint density at radius 3 is 3.00 bits per heavy atom. The van der Waals surface area contributed by atoms with Gasteiger partial charge in [0, 0.05) is 11.8 Å². The second-order valence-electron chi connectivity index (χ2n) is 2.92. The van der Waals surface area contributed by atoms with Gasteiger partial charge in [-0.05, 0) is 25.1 Å². The SMILES string of the molecule is CCOC(=O)/C(N)=C/c1cccnc1OC. The van der Waals surface area contributed by atoms with Gasteiger partial charge in [-0.2, -0.15) is 0 Å². The van der Waals surface area contributed by atoms with Gasteiger partial charge in [0.25, 0.3) is 0 Å². The smallest absolute Gasteiger partial charge is 0.354 e. The van der Waals surface area contributed by atoms with Gasteiger partial charge in [0.15, 0.2) is 0 Å². The Labute approximate surface area is 93.9 Å². The van der Waals surface area contributed by atoms with Crippen LogP contribution < -0.4 is 10.5 Å². The molecule has 1 aromatic heterocycles. The molecule has 0 aliphatic rings. The number of nitrogens with two attached hydrogens (primary N) is 1. The van der Waals surface area contributed by atoms with E-state index in [9.17, 15) is 4.79 Å². The van der Waals surface area contributed by atoms with E-state index in [2.05, 4.69) is 4.98 Å². The Balaban J connectivity index is 2.93. The van der Waals surface area contributed by atoms with E-state index in [4.69, 9.17) is 15.2 Å². The lowest BCUT2D eigenvalue weighted by Crippen LogP contribution is -2.14. The molecule has 5 nitrogen and oxygen atoms in total. The van der Waals surface area contributed by atoms with Gasteiger partial charge in [0.1, 0.15) is 5.70 Å². The Morgan fingerprint density at radius 1 is 1.62 bits per heavy atom. The third-order valence-electron chi connectivity index (χ3n) is 1.82. The third-order valence-corrected chi connectivity index (χ3v) is 1.82. The van der Waals surface area contributed by atoms with E-state index in [0.29, 0.717) is 11.4 Å². The van der Waals surface area contributed by atoms with Crippen LogP contribution in [0.3, 0.4) is 0 Å². The minimum absolute atomic E-state index is 0.0214. The molecule has 0 bridgehead atoms. The van der Waals surface area contributed by atoms with Crippen LogP contribution in [0.1, 0.15) is 12.5 Å². The fourth-order valence-corrected chi connectivity index (χ4v) is 1.12. The lowest BCUT2D eigenvalue weighted by atomic mass is 10.2. The summed E-state index contributed by atoms with van der Waals surface area (Å²) in [5.41, 5.74) is 6.22. The number of methoxy groups -OCH3 is 1. The predicted molar refractivity (Wildman–Crippen MR) is 59.6 cm³/mol. The van der Waals surface area contributed by atoms with Gasteiger partial charge in [-0.15, -0.1) is 0 Å². The number of nitrogens with zero attached hydrogens (tertiary/aromatic N) is 1.